The normalized spacial score (nSPS) is 17.7. The lowest BCUT2D eigenvalue weighted by Crippen LogP contribution is -2.23. The number of non-ortho nitro benzene ring substituents is 1. The minimum Gasteiger partial charge on any atom is -0.325 e. The Hall–Kier alpha value is -2.42. The van der Waals surface area contributed by atoms with Crippen molar-refractivity contribution in [3.05, 3.63) is 40.2 Å². The molecule has 2 saturated carbocycles. The zero-order chi connectivity index (χ0) is 18.3. The lowest BCUT2D eigenvalue weighted by Gasteiger charge is -2.13. The number of rotatable bonds is 7. The first kappa shape index (κ1) is 17.0. The first-order valence-corrected chi connectivity index (χ1v) is 9.57. The molecule has 1 unspecified atom stereocenters. The number of hydrogen-bond donors (Lipinski definition) is 1. The van der Waals surface area contributed by atoms with Gasteiger partial charge in [0.05, 0.1) is 10.2 Å². The monoisotopic (exact) mass is 373 g/mol. The van der Waals surface area contributed by atoms with Crippen molar-refractivity contribution in [2.75, 3.05) is 5.32 Å². The molecule has 1 aromatic carbocycles. The summed E-state index contributed by atoms with van der Waals surface area (Å²) in [6.45, 7) is 1.83. The van der Waals surface area contributed by atoms with Crippen LogP contribution < -0.4 is 5.32 Å². The molecule has 0 aliphatic heterocycles. The Morgan fingerprint density at radius 3 is 2.54 bits per heavy atom. The summed E-state index contributed by atoms with van der Waals surface area (Å²) in [6, 6.07) is 6.29. The number of benzene rings is 1. The molecule has 0 saturated heterocycles. The van der Waals surface area contributed by atoms with Gasteiger partial charge in [0.25, 0.3) is 5.69 Å². The Kier molecular flexibility index (Phi) is 4.39. The topological polar surface area (TPSA) is 103 Å². The van der Waals surface area contributed by atoms with Crippen molar-refractivity contribution in [2.45, 2.75) is 55.0 Å². The Morgan fingerprint density at radius 1 is 1.27 bits per heavy atom. The van der Waals surface area contributed by atoms with Gasteiger partial charge in [0.1, 0.15) is 5.82 Å². The molecule has 0 radical (unpaired) electrons. The second kappa shape index (κ2) is 6.71. The van der Waals surface area contributed by atoms with Gasteiger partial charge >= 0.3 is 0 Å². The molecule has 26 heavy (non-hydrogen) atoms. The van der Waals surface area contributed by atoms with Crippen molar-refractivity contribution >= 4 is 29.0 Å². The first-order valence-electron chi connectivity index (χ1n) is 8.69. The third kappa shape index (κ3) is 3.57. The lowest BCUT2D eigenvalue weighted by atomic mass is 10.3. The van der Waals surface area contributed by atoms with Crippen molar-refractivity contribution < 1.29 is 9.72 Å². The van der Waals surface area contributed by atoms with E-state index >= 15 is 0 Å². The third-order valence-corrected chi connectivity index (χ3v) is 5.60. The summed E-state index contributed by atoms with van der Waals surface area (Å²) in [4.78, 5) is 22.7. The van der Waals surface area contributed by atoms with E-state index in [1.54, 1.807) is 0 Å². The SMILES string of the molecule is CC(Sc1nnc(C2CC2)n1C1CC1)C(=O)Nc1ccc([N+](=O)[O-])cc1. The highest BCUT2D eigenvalue weighted by Crippen LogP contribution is 2.46. The van der Waals surface area contributed by atoms with E-state index in [0.717, 1.165) is 23.8 Å². The molecule has 1 N–H and O–H groups in total. The highest BCUT2D eigenvalue weighted by molar-refractivity contribution is 8.00. The molecule has 4 rings (SSSR count). The molecule has 2 aromatic rings. The van der Waals surface area contributed by atoms with Crippen LogP contribution in [0, 0.1) is 10.1 Å². The molecule has 1 heterocycles. The molecule has 1 aromatic heterocycles. The molecule has 9 heteroatoms. The number of nitrogens with one attached hydrogen (secondary N) is 1. The largest absolute Gasteiger partial charge is 0.325 e. The Balaban J connectivity index is 1.42. The van der Waals surface area contributed by atoms with Crippen LogP contribution in [-0.4, -0.2) is 30.8 Å². The second-order valence-electron chi connectivity index (χ2n) is 6.77. The highest BCUT2D eigenvalue weighted by atomic mass is 32.2. The quantitative estimate of drug-likeness (QED) is 0.452. The summed E-state index contributed by atoms with van der Waals surface area (Å²) in [7, 11) is 0. The summed E-state index contributed by atoms with van der Waals surface area (Å²) in [5, 5.41) is 22.6. The zero-order valence-electron chi connectivity index (χ0n) is 14.3. The van der Waals surface area contributed by atoms with Crippen LogP contribution in [0.3, 0.4) is 0 Å². The molecule has 2 fully saturated rings. The molecular formula is C17H19N5O3S. The van der Waals surface area contributed by atoms with Crippen LogP contribution in [0.2, 0.25) is 0 Å². The van der Waals surface area contributed by atoms with E-state index in [1.807, 2.05) is 6.92 Å². The predicted octanol–water partition coefficient (Wildman–Crippen LogP) is 3.52. The second-order valence-corrected chi connectivity index (χ2v) is 8.08. The Labute approximate surface area is 154 Å². The van der Waals surface area contributed by atoms with Crippen LogP contribution in [0.25, 0.3) is 0 Å². The maximum Gasteiger partial charge on any atom is 0.269 e. The zero-order valence-corrected chi connectivity index (χ0v) is 15.1. The first-order chi connectivity index (χ1) is 12.5. The molecule has 1 atom stereocenters. The number of carbonyl (C=O) groups is 1. The third-order valence-electron chi connectivity index (χ3n) is 4.54. The lowest BCUT2D eigenvalue weighted by molar-refractivity contribution is -0.384. The molecule has 2 aliphatic rings. The van der Waals surface area contributed by atoms with Gasteiger partial charge in [-0.05, 0) is 44.7 Å². The Morgan fingerprint density at radius 2 is 1.96 bits per heavy atom. The van der Waals surface area contributed by atoms with E-state index in [0.29, 0.717) is 17.6 Å². The van der Waals surface area contributed by atoms with Gasteiger partial charge in [0.15, 0.2) is 5.16 Å². The molecule has 8 nitrogen and oxygen atoms in total. The fourth-order valence-corrected chi connectivity index (χ4v) is 3.71. The number of thioether (sulfide) groups is 1. The number of nitrogens with zero attached hydrogens (tertiary/aromatic N) is 4. The Bertz CT molecular complexity index is 843. The molecule has 136 valence electrons. The number of anilines is 1. The minimum atomic E-state index is -0.466. The van der Waals surface area contributed by atoms with Gasteiger partial charge in [0, 0.05) is 29.8 Å². The average Bonchev–Trinajstić information content (AvgIpc) is 3.54. The highest BCUT2D eigenvalue weighted by Gasteiger charge is 2.37. The van der Waals surface area contributed by atoms with E-state index in [9.17, 15) is 14.9 Å². The van der Waals surface area contributed by atoms with Gasteiger partial charge in [-0.1, -0.05) is 11.8 Å². The van der Waals surface area contributed by atoms with Gasteiger partial charge in [0.2, 0.25) is 5.91 Å². The number of nitro benzene ring substituents is 1. The molecule has 1 amide bonds. The fraction of sp³-hybridized carbons (Fsp3) is 0.471. The summed E-state index contributed by atoms with van der Waals surface area (Å²) in [5.74, 6) is 1.43. The van der Waals surface area contributed by atoms with Crippen molar-refractivity contribution in [1.82, 2.24) is 14.8 Å². The smallest absolute Gasteiger partial charge is 0.269 e. The molecule has 0 bridgehead atoms. The summed E-state index contributed by atoms with van der Waals surface area (Å²) < 4.78 is 2.22. The molecule has 0 spiro atoms. The van der Waals surface area contributed by atoms with Gasteiger partial charge in [-0.2, -0.15) is 0 Å². The average molecular weight is 373 g/mol. The fourth-order valence-electron chi connectivity index (χ4n) is 2.79. The number of nitro groups is 1. The van der Waals surface area contributed by atoms with Crippen molar-refractivity contribution in [2.24, 2.45) is 0 Å². The van der Waals surface area contributed by atoms with E-state index in [-0.39, 0.29) is 16.8 Å². The molecule has 2 aliphatic carbocycles. The summed E-state index contributed by atoms with van der Waals surface area (Å²) in [6.07, 6.45) is 4.64. The van der Waals surface area contributed by atoms with Crippen molar-refractivity contribution in [3.63, 3.8) is 0 Å². The van der Waals surface area contributed by atoms with Crippen molar-refractivity contribution in [3.8, 4) is 0 Å². The maximum atomic E-state index is 12.5. The van der Waals surface area contributed by atoms with Crippen LogP contribution in [0.15, 0.2) is 29.4 Å². The minimum absolute atomic E-state index is 0.00411. The van der Waals surface area contributed by atoms with E-state index in [4.69, 9.17) is 0 Å². The number of amides is 1. The van der Waals surface area contributed by atoms with Gasteiger partial charge in [-0.3, -0.25) is 14.9 Å². The summed E-state index contributed by atoms with van der Waals surface area (Å²) >= 11 is 1.41. The standard InChI is InChI=1S/C17H19N5O3S/c1-10(16(23)18-12-4-6-14(7-5-12)22(24)25)26-17-20-19-15(11-2-3-11)21(17)13-8-9-13/h4-7,10-11,13H,2-3,8-9H2,1H3,(H,18,23). The molecular weight excluding hydrogens is 354 g/mol. The summed E-state index contributed by atoms with van der Waals surface area (Å²) in [5.41, 5.74) is 0.533. The van der Waals surface area contributed by atoms with Gasteiger partial charge < -0.3 is 9.88 Å². The number of aromatic nitrogens is 3. The number of hydrogen-bond acceptors (Lipinski definition) is 6. The van der Waals surface area contributed by atoms with Gasteiger partial charge in [-0.25, -0.2) is 0 Å². The van der Waals surface area contributed by atoms with Crippen LogP contribution in [-0.2, 0) is 4.79 Å². The van der Waals surface area contributed by atoms with Gasteiger partial charge in [-0.15, -0.1) is 10.2 Å². The van der Waals surface area contributed by atoms with Crippen molar-refractivity contribution in [1.29, 1.82) is 0 Å². The van der Waals surface area contributed by atoms with Crippen LogP contribution >= 0.6 is 11.8 Å². The van der Waals surface area contributed by atoms with Crippen LogP contribution in [0.4, 0.5) is 11.4 Å². The van der Waals surface area contributed by atoms with Crippen LogP contribution in [0.5, 0.6) is 0 Å². The van der Waals surface area contributed by atoms with E-state index in [2.05, 4.69) is 20.1 Å². The van der Waals surface area contributed by atoms with Crippen LogP contribution in [0.1, 0.15) is 50.4 Å². The van der Waals surface area contributed by atoms with E-state index in [1.165, 1.54) is 48.9 Å². The predicted molar refractivity (Wildman–Crippen MR) is 97.3 cm³/mol. The van der Waals surface area contributed by atoms with E-state index < -0.39 is 4.92 Å². The number of carbonyl (C=O) groups excluding carboxylic acids is 1. The maximum absolute atomic E-state index is 12.5.